The van der Waals surface area contributed by atoms with Crippen LogP contribution >= 0.6 is 23.1 Å². The third kappa shape index (κ3) is 2.21. The van der Waals surface area contributed by atoms with E-state index < -0.39 is 0 Å². The van der Waals surface area contributed by atoms with Gasteiger partial charge in [-0.25, -0.2) is 0 Å². The first-order valence-electron chi connectivity index (χ1n) is 4.04. The lowest BCUT2D eigenvalue weighted by atomic mass is 10.4. The Morgan fingerprint density at radius 1 is 1.07 bits per heavy atom. The van der Waals surface area contributed by atoms with Crippen molar-refractivity contribution in [2.45, 2.75) is 9.10 Å². The van der Waals surface area contributed by atoms with E-state index in [0.717, 1.165) is 4.21 Å². The van der Waals surface area contributed by atoms with Gasteiger partial charge in [0.1, 0.15) is 0 Å². The average molecular weight is 221 g/mol. The number of thiophene rings is 1. The maximum absolute atomic E-state index is 10.2. The second kappa shape index (κ2) is 4.39. The van der Waals surface area contributed by atoms with Gasteiger partial charge >= 0.3 is 0 Å². The summed E-state index contributed by atoms with van der Waals surface area (Å²) in [7, 11) is 0. The van der Waals surface area contributed by atoms with E-state index >= 15 is 0 Å². The van der Waals surface area contributed by atoms with Crippen molar-refractivity contribution in [1.82, 2.24) is 0 Å². The number of nitrogens with zero attached hydrogens (tertiary/aromatic N) is 1. The summed E-state index contributed by atoms with van der Waals surface area (Å²) in [6.45, 7) is 0. The minimum atomic E-state index is 0.531. The summed E-state index contributed by atoms with van der Waals surface area (Å²) < 4.78 is 1.09. The highest BCUT2D eigenvalue weighted by atomic mass is 32.2. The fraction of sp³-hybridized carbons (Fsp3) is 0. The van der Waals surface area contributed by atoms with Crippen LogP contribution in [0.1, 0.15) is 0 Å². The van der Waals surface area contributed by atoms with Gasteiger partial charge in [0.2, 0.25) is 0 Å². The van der Waals surface area contributed by atoms with E-state index in [1.54, 1.807) is 17.8 Å². The minimum absolute atomic E-state index is 0.531. The molecule has 0 aliphatic heterocycles. The van der Waals surface area contributed by atoms with Crippen molar-refractivity contribution in [2.24, 2.45) is 5.18 Å². The first-order valence-corrected chi connectivity index (χ1v) is 5.68. The molecule has 0 spiro atoms. The lowest BCUT2D eigenvalue weighted by Gasteiger charge is -1.95. The Morgan fingerprint density at radius 3 is 2.50 bits per heavy atom. The van der Waals surface area contributed by atoms with Crippen molar-refractivity contribution in [2.75, 3.05) is 0 Å². The summed E-state index contributed by atoms with van der Waals surface area (Å²) >= 11 is 3.05. The number of hydrogen-bond acceptors (Lipinski definition) is 4. The quantitative estimate of drug-likeness (QED) is 0.723. The Morgan fingerprint density at radius 2 is 1.86 bits per heavy atom. The van der Waals surface area contributed by atoms with Crippen LogP contribution in [-0.2, 0) is 0 Å². The number of rotatable bonds is 3. The molecule has 1 aromatic heterocycles. The monoisotopic (exact) mass is 221 g/mol. The lowest BCUT2D eigenvalue weighted by molar-refractivity contribution is 1.46. The molecule has 14 heavy (non-hydrogen) atoms. The molecule has 0 saturated carbocycles. The van der Waals surface area contributed by atoms with Crippen molar-refractivity contribution in [3.05, 3.63) is 47.4 Å². The van der Waals surface area contributed by atoms with Crippen molar-refractivity contribution in [3.8, 4) is 0 Å². The molecule has 0 fully saturated rings. The molecule has 4 heteroatoms. The molecule has 0 bridgehead atoms. The molecule has 0 amide bonds. The summed E-state index contributed by atoms with van der Waals surface area (Å²) in [6.07, 6.45) is 0. The van der Waals surface area contributed by atoms with Crippen molar-refractivity contribution >= 4 is 28.1 Å². The Kier molecular flexibility index (Phi) is 2.96. The van der Waals surface area contributed by atoms with Crippen molar-refractivity contribution in [1.29, 1.82) is 0 Å². The normalized spacial score (nSPS) is 10.0. The molecular formula is C10H7NOS2. The van der Waals surface area contributed by atoms with E-state index in [0.29, 0.717) is 5.00 Å². The highest BCUT2D eigenvalue weighted by Crippen LogP contribution is 2.36. The average Bonchev–Trinajstić information content (AvgIpc) is 2.67. The Bertz CT molecular complexity index is 425. The fourth-order valence-corrected chi connectivity index (χ4v) is 2.91. The summed E-state index contributed by atoms with van der Waals surface area (Å²) in [5.41, 5.74) is 0. The third-order valence-corrected chi connectivity index (χ3v) is 3.72. The fourth-order valence-electron chi connectivity index (χ4n) is 1.02. The molecule has 0 N–H and O–H groups in total. The second-order valence-electron chi connectivity index (χ2n) is 2.60. The molecule has 0 aliphatic carbocycles. The first-order chi connectivity index (χ1) is 6.88. The largest absolute Gasteiger partial charge is 0.161 e. The molecular weight excluding hydrogens is 214 g/mol. The van der Waals surface area contributed by atoms with Crippen molar-refractivity contribution in [3.63, 3.8) is 0 Å². The predicted octanol–water partition coefficient (Wildman–Crippen LogP) is 4.30. The molecule has 1 aromatic carbocycles. The Labute approximate surface area is 89.9 Å². The van der Waals surface area contributed by atoms with Crippen LogP contribution in [0.2, 0.25) is 0 Å². The molecule has 2 nitrogen and oxygen atoms in total. The van der Waals surface area contributed by atoms with Crippen LogP contribution in [0.3, 0.4) is 0 Å². The molecule has 0 atom stereocenters. The summed E-state index contributed by atoms with van der Waals surface area (Å²) in [5, 5.41) is 3.42. The van der Waals surface area contributed by atoms with Gasteiger partial charge in [-0.15, -0.1) is 16.2 Å². The smallest absolute Gasteiger partial charge is 0.144 e. The number of nitroso groups, excluding NO2 is 1. The molecule has 1 heterocycles. The van der Waals surface area contributed by atoms with Gasteiger partial charge in [-0.2, -0.15) is 0 Å². The highest BCUT2D eigenvalue weighted by Gasteiger charge is 2.01. The van der Waals surface area contributed by atoms with Crippen LogP contribution in [0.5, 0.6) is 0 Å². The molecule has 0 unspecified atom stereocenters. The van der Waals surface area contributed by atoms with Crippen LogP contribution < -0.4 is 0 Å². The zero-order valence-electron chi connectivity index (χ0n) is 7.21. The SMILES string of the molecule is O=Nc1ccc(Sc2ccccc2)s1. The predicted molar refractivity (Wildman–Crippen MR) is 60.3 cm³/mol. The zero-order valence-corrected chi connectivity index (χ0v) is 8.85. The van der Waals surface area contributed by atoms with Gasteiger partial charge in [0.25, 0.3) is 0 Å². The lowest BCUT2D eigenvalue weighted by Crippen LogP contribution is -1.65. The van der Waals surface area contributed by atoms with Gasteiger partial charge < -0.3 is 0 Å². The van der Waals surface area contributed by atoms with Gasteiger partial charge in [0.15, 0.2) is 5.00 Å². The summed E-state index contributed by atoms with van der Waals surface area (Å²) in [6, 6.07) is 13.7. The number of benzene rings is 1. The van der Waals surface area contributed by atoms with E-state index in [2.05, 4.69) is 5.18 Å². The van der Waals surface area contributed by atoms with Crippen LogP contribution in [0.25, 0.3) is 0 Å². The van der Waals surface area contributed by atoms with Crippen LogP contribution in [0.15, 0.2) is 56.7 Å². The number of hydrogen-bond donors (Lipinski definition) is 0. The highest BCUT2D eigenvalue weighted by molar-refractivity contribution is 8.01. The maximum Gasteiger partial charge on any atom is 0.161 e. The summed E-state index contributed by atoms with van der Waals surface area (Å²) in [4.78, 5) is 11.4. The minimum Gasteiger partial charge on any atom is -0.144 e. The standard InChI is InChI=1S/C10H7NOS2/c12-11-9-6-7-10(14-9)13-8-4-2-1-3-5-8/h1-7H. The van der Waals surface area contributed by atoms with Crippen LogP contribution in [0, 0.1) is 4.91 Å². The van der Waals surface area contributed by atoms with Gasteiger partial charge in [-0.3, -0.25) is 0 Å². The molecule has 2 rings (SSSR count). The molecule has 70 valence electrons. The molecule has 0 aliphatic rings. The Balaban J connectivity index is 2.15. The maximum atomic E-state index is 10.2. The van der Waals surface area contributed by atoms with E-state index in [1.165, 1.54) is 16.2 Å². The topological polar surface area (TPSA) is 29.4 Å². The second-order valence-corrected chi connectivity index (χ2v) is 5.04. The van der Waals surface area contributed by atoms with Gasteiger partial charge in [-0.05, 0) is 29.4 Å². The van der Waals surface area contributed by atoms with E-state index in [1.807, 2.05) is 36.4 Å². The molecule has 0 radical (unpaired) electrons. The van der Waals surface area contributed by atoms with Gasteiger partial charge in [-0.1, -0.05) is 30.0 Å². The summed E-state index contributed by atoms with van der Waals surface area (Å²) in [5.74, 6) is 0. The van der Waals surface area contributed by atoms with Gasteiger partial charge in [0.05, 0.1) is 4.21 Å². The van der Waals surface area contributed by atoms with Crippen LogP contribution in [0.4, 0.5) is 5.00 Å². The van der Waals surface area contributed by atoms with E-state index in [-0.39, 0.29) is 0 Å². The zero-order chi connectivity index (χ0) is 9.80. The third-order valence-electron chi connectivity index (χ3n) is 1.62. The van der Waals surface area contributed by atoms with Crippen LogP contribution in [-0.4, -0.2) is 0 Å². The first kappa shape index (κ1) is 9.43. The van der Waals surface area contributed by atoms with Gasteiger partial charge in [0, 0.05) is 4.90 Å². The molecule has 0 saturated heterocycles. The Hall–Kier alpha value is -1.13. The van der Waals surface area contributed by atoms with E-state index in [9.17, 15) is 4.91 Å². The van der Waals surface area contributed by atoms with E-state index in [4.69, 9.17) is 0 Å². The molecule has 2 aromatic rings. The van der Waals surface area contributed by atoms with Crippen molar-refractivity contribution < 1.29 is 0 Å².